The van der Waals surface area contributed by atoms with E-state index in [1.165, 1.54) is 0 Å². The molecule has 5 aromatic carbocycles. The quantitative estimate of drug-likeness (QED) is 0.172. The Balaban J connectivity index is 0.00000259. The van der Waals surface area contributed by atoms with Crippen molar-refractivity contribution in [3.8, 4) is 11.5 Å². The SMILES string of the molecule is Oc1ccccc1C=Nc1c(N=Cc2ccccc2O)c2ccccc2c2ccccc12.[Pt]. The van der Waals surface area contributed by atoms with E-state index < -0.39 is 0 Å². The standard InChI is InChI=1S/C28H20N2O2.Pt/c31-25-15-7-1-9-19(25)17-29-27-23-13-5-3-11-21(23)22-12-4-6-14-24(22)28(27)30-18-20-10-2-8-16-26(20)32;/h1-18,31-32H;. The molecule has 0 bridgehead atoms. The number of rotatable bonds is 4. The number of hydrogen-bond acceptors (Lipinski definition) is 4. The topological polar surface area (TPSA) is 65.2 Å². The molecule has 164 valence electrons. The fourth-order valence-corrected chi connectivity index (χ4v) is 3.83. The summed E-state index contributed by atoms with van der Waals surface area (Å²) < 4.78 is 0. The first-order valence-electron chi connectivity index (χ1n) is 10.3. The molecule has 0 saturated heterocycles. The molecule has 5 rings (SSSR count). The Morgan fingerprint density at radius 1 is 0.455 bits per heavy atom. The first-order valence-corrected chi connectivity index (χ1v) is 10.3. The van der Waals surface area contributed by atoms with Crippen molar-refractivity contribution in [2.45, 2.75) is 0 Å². The third-order valence-electron chi connectivity index (χ3n) is 5.42. The molecule has 0 aliphatic rings. The van der Waals surface area contributed by atoms with Crippen LogP contribution in [0.4, 0.5) is 11.4 Å². The average Bonchev–Trinajstić information content (AvgIpc) is 2.83. The van der Waals surface area contributed by atoms with E-state index in [1.807, 2.05) is 60.7 Å². The largest absolute Gasteiger partial charge is 0.507 e. The van der Waals surface area contributed by atoms with E-state index in [1.54, 1.807) is 36.7 Å². The van der Waals surface area contributed by atoms with Gasteiger partial charge in [-0.2, -0.15) is 0 Å². The van der Waals surface area contributed by atoms with Crippen LogP contribution in [0, 0.1) is 0 Å². The Bertz CT molecular complexity index is 1390. The van der Waals surface area contributed by atoms with Crippen molar-refractivity contribution in [3.05, 3.63) is 108 Å². The molecule has 5 aromatic rings. The number of benzene rings is 5. The summed E-state index contributed by atoms with van der Waals surface area (Å²) in [4.78, 5) is 9.58. The number of hydrogen-bond donors (Lipinski definition) is 2. The molecule has 0 heterocycles. The van der Waals surface area contributed by atoms with Gasteiger partial charge in [0.2, 0.25) is 0 Å². The van der Waals surface area contributed by atoms with Crippen LogP contribution in [0.5, 0.6) is 11.5 Å². The van der Waals surface area contributed by atoms with E-state index in [9.17, 15) is 10.2 Å². The molecule has 0 atom stereocenters. The van der Waals surface area contributed by atoms with E-state index in [2.05, 4.69) is 12.1 Å². The van der Waals surface area contributed by atoms with E-state index >= 15 is 0 Å². The summed E-state index contributed by atoms with van der Waals surface area (Å²) in [7, 11) is 0. The van der Waals surface area contributed by atoms with Crippen LogP contribution in [-0.4, -0.2) is 22.6 Å². The molecular formula is C28H20N2O2Pt. The van der Waals surface area contributed by atoms with Crippen molar-refractivity contribution in [1.82, 2.24) is 0 Å². The zero-order valence-corrected chi connectivity index (χ0v) is 19.8. The number of fused-ring (bicyclic) bond motifs is 3. The van der Waals surface area contributed by atoms with E-state index in [4.69, 9.17) is 9.98 Å². The van der Waals surface area contributed by atoms with Gasteiger partial charge in [-0.05, 0) is 35.0 Å². The molecule has 0 radical (unpaired) electrons. The van der Waals surface area contributed by atoms with Gasteiger partial charge in [-0.25, -0.2) is 0 Å². The zero-order chi connectivity index (χ0) is 21.9. The third kappa shape index (κ3) is 4.43. The molecule has 0 unspecified atom stereocenters. The van der Waals surface area contributed by atoms with Gasteiger partial charge in [0.05, 0.1) is 11.4 Å². The van der Waals surface area contributed by atoms with Gasteiger partial charge in [0.25, 0.3) is 0 Å². The van der Waals surface area contributed by atoms with Crippen LogP contribution in [-0.2, 0) is 21.1 Å². The summed E-state index contributed by atoms with van der Waals surface area (Å²) in [5.41, 5.74) is 2.66. The van der Waals surface area contributed by atoms with Crippen molar-refractivity contribution in [2.24, 2.45) is 9.98 Å². The molecule has 5 heteroatoms. The average molecular weight is 612 g/mol. The minimum Gasteiger partial charge on any atom is -0.507 e. The Kier molecular flexibility index (Phi) is 6.67. The Morgan fingerprint density at radius 2 is 0.788 bits per heavy atom. The van der Waals surface area contributed by atoms with Crippen molar-refractivity contribution in [3.63, 3.8) is 0 Å². The maximum Gasteiger partial charge on any atom is 0.124 e. The van der Waals surface area contributed by atoms with Crippen LogP contribution in [0.2, 0.25) is 0 Å². The van der Waals surface area contributed by atoms with Gasteiger partial charge in [-0.15, -0.1) is 0 Å². The summed E-state index contributed by atoms with van der Waals surface area (Å²) in [5, 5.41) is 24.4. The minimum absolute atomic E-state index is 0. The van der Waals surface area contributed by atoms with Gasteiger partial charge in [0.1, 0.15) is 11.5 Å². The van der Waals surface area contributed by atoms with Gasteiger partial charge in [-0.3, -0.25) is 9.98 Å². The number of aliphatic imine (C=N–C) groups is 2. The molecular weight excluding hydrogens is 591 g/mol. The molecule has 0 aliphatic heterocycles. The van der Waals surface area contributed by atoms with Crippen LogP contribution >= 0.6 is 0 Å². The maximum absolute atomic E-state index is 10.2. The van der Waals surface area contributed by atoms with E-state index in [0.717, 1.165) is 21.5 Å². The smallest absolute Gasteiger partial charge is 0.124 e. The van der Waals surface area contributed by atoms with Crippen molar-refractivity contribution in [2.75, 3.05) is 0 Å². The zero-order valence-electron chi connectivity index (χ0n) is 17.5. The normalized spacial score (nSPS) is 11.4. The molecule has 0 aromatic heterocycles. The Hall–Kier alpha value is -3.75. The molecule has 0 saturated carbocycles. The van der Waals surface area contributed by atoms with Crippen LogP contribution in [0.15, 0.2) is 107 Å². The summed E-state index contributed by atoms with van der Waals surface area (Å²) in [6.07, 6.45) is 3.32. The predicted molar refractivity (Wildman–Crippen MR) is 132 cm³/mol. The molecule has 0 fully saturated rings. The number of phenols is 2. The number of phenolic OH excluding ortho intramolecular Hbond substituents is 2. The van der Waals surface area contributed by atoms with Crippen molar-refractivity contribution < 1.29 is 31.3 Å². The molecule has 2 N–H and O–H groups in total. The first-order chi connectivity index (χ1) is 15.7. The van der Waals surface area contributed by atoms with E-state index in [0.29, 0.717) is 22.5 Å². The fraction of sp³-hybridized carbons (Fsp3) is 0. The predicted octanol–water partition coefficient (Wildman–Crippen LogP) is 6.90. The fourth-order valence-electron chi connectivity index (χ4n) is 3.83. The van der Waals surface area contributed by atoms with Gasteiger partial charge >= 0.3 is 0 Å². The summed E-state index contributed by atoms with van der Waals surface area (Å²) in [6, 6.07) is 30.4. The van der Waals surface area contributed by atoms with Crippen LogP contribution < -0.4 is 0 Å². The number of nitrogens with zero attached hydrogens (tertiary/aromatic N) is 2. The second kappa shape index (κ2) is 9.81. The number of aromatic hydroxyl groups is 2. The van der Waals surface area contributed by atoms with Crippen molar-refractivity contribution in [1.29, 1.82) is 0 Å². The van der Waals surface area contributed by atoms with Gasteiger partial charge in [-0.1, -0.05) is 72.8 Å². The first kappa shape index (κ1) is 22.4. The van der Waals surface area contributed by atoms with Gasteiger partial charge < -0.3 is 10.2 Å². The molecule has 4 nitrogen and oxygen atoms in total. The summed E-state index contributed by atoms with van der Waals surface area (Å²) in [6.45, 7) is 0. The third-order valence-corrected chi connectivity index (χ3v) is 5.42. The summed E-state index contributed by atoms with van der Waals surface area (Å²) in [5.74, 6) is 0.334. The molecule has 0 amide bonds. The second-order valence-corrected chi connectivity index (χ2v) is 7.42. The van der Waals surface area contributed by atoms with Crippen molar-refractivity contribution >= 4 is 45.3 Å². The van der Waals surface area contributed by atoms with Gasteiger partial charge in [0.15, 0.2) is 0 Å². The van der Waals surface area contributed by atoms with Crippen LogP contribution in [0.25, 0.3) is 21.5 Å². The molecule has 0 aliphatic carbocycles. The van der Waals surface area contributed by atoms with Crippen LogP contribution in [0.3, 0.4) is 0 Å². The summed E-state index contributed by atoms with van der Waals surface area (Å²) >= 11 is 0. The molecule has 0 spiro atoms. The minimum atomic E-state index is 0. The Labute approximate surface area is 205 Å². The van der Waals surface area contributed by atoms with Crippen LogP contribution in [0.1, 0.15) is 11.1 Å². The van der Waals surface area contributed by atoms with Gasteiger partial charge in [0, 0.05) is 55.4 Å². The second-order valence-electron chi connectivity index (χ2n) is 7.42. The monoisotopic (exact) mass is 611 g/mol. The van der Waals surface area contributed by atoms with E-state index in [-0.39, 0.29) is 32.6 Å². The maximum atomic E-state index is 10.2. The Morgan fingerprint density at radius 3 is 1.18 bits per heavy atom. The molecule has 33 heavy (non-hydrogen) atoms. The number of para-hydroxylation sites is 2.